The van der Waals surface area contributed by atoms with Crippen molar-refractivity contribution in [1.82, 2.24) is 15.2 Å². The molecule has 0 radical (unpaired) electrons. The number of nitrogens with zero attached hydrogens (tertiary/aromatic N) is 1. The lowest BCUT2D eigenvalue weighted by Crippen LogP contribution is -2.56. The lowest BCUT2D eigenvalue weighted by Gasteiger charge is -2.51. The van der Waals surface area contributed by atoms with Crippen molar-refractivity contribution in [2.75, 3.05) is 7.11 Å². The van der Waals surface area contributed by atoms with Crippen molar-refractivity contribution in [2.24, 2.45) is 0 Å². The van der Waals surface area contributed by atoms with Crippen LogP contribution in [-0.4, -0.2) is 41.1 Å². The van der Waals surface area contributed by atoms with Crippen LogP contribution in [0.5, 0.6) is 0 Å². The monoisotopic (exact) mass is 485 g/mol. The first kappa shape index (κ1) is 23.9. The molecule has 35 heavy (non-hydrogen) atoms. The van der Waals surface area contributed by atoms with Crippen LogP contribution in [-0.2, 0) is 22.1 Å². The third-order valence-electron chi connectivity index (χ3n) is 7.34. The van der Waals surface area contributed by atoms with Gasteiger partial charge in [-0.1, -0.05) is 44.2 Å². The largest absolute Gasteiger partial charge is 0.468 e. The number of carbonyl (C=O) groups is 1. The normalized spacial score (nSPS) is 24.9. The molecule has 0 amide bonds. The number of hydrogen-bond donors (Lipinski definition) is 2. The number of aromatic nitrogens is 1. The molecule has 0 spiro atoms. The van der Waals surface area contributed by atoms with Crippen molar-refractivity contribution in [2.45, 2.75) is 69.5 Å². The van der Waals surface area contributed by atoms with Crippen LogP contribution in [0.1, 0.15) is 61.2 Å². The predicted molar refractivity (Wildman–Crippen MR) is 128 cm³/mol. The predicted octanol–water partition coefficient (Wildman–Crippen LogP) is 5.53. The van der Waals surface area contributed by atoms with Crippen molar-refractivity contribution < 1.29 is 22.7 Å². The third-order valence-corrected chi connectivity index (χ3v) is 7.34. The molecule has 8 heteroatoms. The molecule has 2 aliphatic rings. The molecule has 1 saturated heterocycles. The highest BCUT2D eigenvalue weighted by molar-refractivity contribution is 5.87. The Labute approximate surface area is 202 Å². The minimum absolute atomic E-state index is 0.104. The molecule has 2 aliphatic heterocycles. The van der Waals surface area contributed by atoms with Gasteiger partial charge >= 0.3 is 12.1 Å². The molecule has 2 aromatic carbocycles. The Balaban J connectivity index is 1.63. The van der Waals surface area contributed by atoms with Gasteiger partial charge in [0.25, 0.3) is 0 Å². The topological polar surface area (TPSA) is 57.4 Å². The average molecular weight is 486 g/mol. The van der Waals surface area contributed by atoms with E-state index >= 15 is 0 Å². The molecule has 0 unspecified atom stereocenters. The summed E-state index contributed by atoms with van der Waals surface area (Å²) < 4.78 is 44.9. The number of alkyl halides is 3. The molecule has 3 aromatic rings. The fraction of sp³-hybridized carbons (Fsp3) is 0.444. The van der Waals surface area contributed by atoms with E-state index in [-0.39, 0.29) is 30.1 Å². The van der Waals surface area contributed by atoms with Gasteiger partial charge in [0.2, 0.25) is 0 Å². The summed E-state index contributed by atoms with van der Waals surface area (Å²) in [5.74, 6) is -0.321. The first-order valence-corrected chi connectivity index (χ1v) is 12.0. The summed E-state index contributed by atoms with van der Waals surface area (Å²) in [6, 6.07) is 13.0. The van der Waals surface area contributed by atoms with E-state index in [0.717, 1.165) is 46.3 Å². The number of aromatic amines is 1. The molecule has 1 fully saturated rings. The van der Waals surface area contributed by atoms with Gasteiger partial charge in [-0.2, -0.15) is 13.2 Å². The molecule has 5 nitrogen and oxygen atoms in total. The number of nitrogens with one attached hydrogen (secondary N) is 2. The van der Waals surface area contributed by atoms with Crippen molar-refractivity contribution in [3.8, 4) is 0 Å². The van der Waals surface area contributed by atoms with Gasteiger partial charge in [0, 0.05) is 41.1 Å². The SMILES string of the molecule is COC(=O)[C@@H]1Cc2c([nH]c3ccccc23)[C@H]2C[C@@H](NC(C)C)C[C@@H](c3ccc(C(F)(F)F)cc3)N21. The lowest BCUT2D eigenvalue weighted by atomic mass is 9.79. The highest BCUT2D eigenvalue weighted by Crippen LogP contribution is 2.49. The van der Waals surface area contributed by atoms with Crippen molar-refractivity contribution in [3.63, 3.8) is 0 Å². The molecule has 0 aliphatic carbocycles. The highest BCUT2D eigenvalue weighted by atomic mass is 19.4. The quantitative estimate of drug-likeness (QED) is 0.477. The molecule has 0 saturated carbocycles. The van der Waals surface area contributed by atoms with Crippen molar-refractivity contribution >= 4 is 16.9 Å². The Kier molecular flexibility index (Phi) is 6.13. The van der Waals surface area contributed by atoms with Crippen molar-refractivity contribution in [1.29, 1.82) is 0 Å². The Morgan fingerprint density at radius 2 is 1.77 bits per heavy atom. The number of fused-ring (bicyclic) bond motifs is 5. The number of methoxy groups -OCH3 is 1. The van der Waals surface area contributed by atoms with Crippen LogP contribution in [0, 0.1) is 0 Å². The van der Waals surface area contributed by atoms with E-state index in [9.17, 15) is 18.0 Å². The fourth-order valence-corrected chi connectivity index (χ4v) is 5.97. The molecule has 186 valence electrons. The minimum atomic E-state index is -4.39. The zero-order chi connectivity index (χ0) is 24.9. The summed E-state index contributed by atoms with van der Waals surface area (Å²) in [6.45, 7) is 4.18. The fourth-order valence-electron chi connectivity index (χ4n) is 5.97. The molecular weight excluding hydrogens is 455 g/mol. The van der Waals surface area contributed by atoms with E-state index in [1.165, 1.54) is 7.11 Å². The Morgan fingerprint density at radius 1 is 1.09 bits per heavy atom. The maximum atomic E-state index is 13.2. The zero-order valence-corrected chi connectivity index (χ0v) is 20.0. The molecule has 4 atom stereocenters. The molecule has 1 aromatic heterocycles. The summed E-state index contributed by atoms with van der Waals surface area (Å²) in [5, 5.41) is 4.73. The van der Waals surface area contributed by atoms with Crippen LogP contribution in [0.15, 0.2) is 48.5 Å². The lowest BCUT2D eigenvalue weighted by molar-refractivity contribution is -0.152. The van der Waals surface area contributed by atoms with Crippen LogP contribution in [0.4, 0.5) is 13.2 Å². The van der Waals surface area contributed by atoms with E-state index in [1.54, 1.807) is 12.1 Å². The molecular formula is C27H30F3N3O2. The molecule has 3 heterocycles. The average Bonchev–Trinajstić information content (AvgIpc) is 3.20. The first-order valence-electron chi connectivity index (χ1n) is 12.0. The number of esters is 1. The summed E-state index contributed by atoms with van der Waals surface area (Å²) in [7, 11) is 1.39. The third kappa shape index (κ3) is 4.34. The number of carbonyl (C=O) groups excluding carboxylic acids is 1. The summed E-state index contributed by atoms with van der Waals surface area (Å²) in [6.07, 6.45) is -2.44. The summed E-state index contributed by atoms with van der Waals surface area (Å²) in [5.41, 5.74) is 3.32. The van der Waals surface area contributed by atoms with E-state index in [0.29, 0.717) is 12.8 Å². The molecule has 0 bridgehead atoms. The number of piperidine rings is 1. The number of halogens is 3. The smallest absolute Gasteiger partial charge is 0.416 e. The van der Waals surface area contributed by atoms with E-state index in [1.807, 2.05) is 18.2 Å². The number of para-hydroxylation sites is 1. The zero-order valence-electron chi connectivity index (χ0n) is 20.0. The Bertz CT molecular complexity index is 1220. The number of ether oxygens (including phenoxy) is 1. The van der Waals surface area contributed by atoms with Gasteiger partial charge in [-0.05, 0) is 42.2 Å². The van der Waals surface area contributed by atoms with Crippen LogP contribution in [0.2, 0.25) is 0 Å². The van der Waals surface area contributed by atoms with E-state index in [4.69, 9.17) is 4.74 Å². The van der Waals surface area contributed by atoms with Gasteiger partial charge in [0.15, 0.2) is 0 Å². The van der Waals surface area contributed by atoms with Gasteiger partial charge in [0.1, 0.15) is 6.04 Å². The van der Waals surface area contributed by atoms with Crippen LogP contribution in [0.3, 0.4) is 0 Å². The second-order valence-corrected chi connectivity index (χ2v) is 9.89. The number of rotatable bonds is 4. The van der Waals surface area contributed by atoms with Gasteiger partial charge in [-0.25, -0.2) is 0 Å². The number of H-pyrrole nitrogens is 1. The van der Waals surface area contributed by atoms with Gasteiger partial charge in [-0.15, -0.1) is 0 Å². The Morgan fingerprint density at radius 3 is 2.43 bits per heavy atom. The maximum absolute atomic E-state index is 13.2. The maximum Gasteiger partial charge on any atom is 0.416 e. The molecule has 5 rings (SSSR count). The van der Waals surface area contributed by atoms with Gasteiger partial charge < -0.3 is 15.0 Å². The first-order chi connectivity index (χ1) is 16.7. The second kappa shape index (κ2) is 8.99. The van der Waals surface area contributed by atoms with Crippen LogP contribution < -0.4 is 5.32 Å². The summed E-state index contributed by atoms with van der Waals surface area (Å²) in [4.78, 5) is 18.8. The second-order valence-electron chi connectivity index (χ2n) is 9.89. The molecule has 2 N–H and O–H groups in total. The Hall–Kier alpha value is -2.84. The van der Waals surface area contributed by atoms with Gasteiger partial charge in [0.05, 0.1) is 18.7 Å². The van der Waals surface area contributed by atoms with E-state index in [2.05, 4.69) is 35.1 Å². The van der Waals surface area contributed by atoms with Crippen LogP contribution >= 0.6 is 0 Å². The van der Waals surface area contributed by atoms with Crippen molar-refractivity contribution in [3.05, 3.63) is 70.9 Å². The number of benzene rings is 2. The van der Waals surface area contributed by atoms with E-state index < -0.39 is 17.8 Å². The highest BCUT2D eigenvalue weighted by Gasteiger charge is 2.48. The number of hydrogen-bond acceptors (Lipinski definition) is 4. The summed E-state index contributed by atoms with van der Waals surface area (Å²) >= 11 is 0. The van der Waals surface area contributed by atoms with Gasteiger partial charge in [-0.3, -0.25) is 9.69 Å². The standard InChI is InChI=1S/C27H30F3N3O2/c1-15(2)31-18-12-22(16-8-10-17(11-9-16)27(28,29)30)33-23(13-18)25-20(14-24(33)26(34)35-3)19-6-4-5-7-21(19)32-25/h4-11,15,18,22-24,31-32H,12-14H2,1-3H3/t18-,22-,23+,24-/m0/s1. The van der Waals surface area contributed by atoms with Crippen LogP contribution in [0.25, 0.3) is 10.9 Å². The minimum Gasteiger partial charge on any atom is -0.468 e.